The van der Waals surface area contributed by atoms with Gasteiger partial charge in [0.1, 0.15) is 11.5 Å². The number of thiocarbonyl (C=S) groups is 1. The van der Waals surface area contributed by atoms with E-state index in [1.165, 1.54) is 0 Å². The van der Waals surface area contributed by atoms with Gasteiger partial charge >= 0.3 is 0 Å². The van der Waals surface area contributed by atoms with E-state index in [1.807, 2.05) is 6.07 Å². The second kappa shape index (κ2) is 13.6. The molecule has 0 heterocycles. The fraction of sp³-hybridized carbons (Fsp3) is 0.250. The number of benzene rings is 3. The second-order valence-corrected chi connectivity index (χ2v) is 9.51. The summed E-state index contributed by atoms with van der Waals surface area (Å²) in [5.41, 5.74) is 1.62. The van der Waals surface area contributed by atoms with Gasteiger partial charge in [-0.05, 0) is 80.0 Å². The molecule has 9 heteroatoms. The number of ether oxygens (including phenoxy) is 2. The Bertz CT molecular complexity index is 1230. The van der Waals surface area contributed by atoms with Crippen molar-refractivity contribution in [1.82, 2.24) is 5.32 Å². The van der Waals surface area contributed by atoms with Gasteiger partial charge in [-0.25, -0.2) is 0 Å². The first-order valence-corrected chi connectivity index (χ1v) is 12.7. The van der Waals surface area contributed by atoms with Crippen LogP contribution in [-0.2, 0) is 4.79 Å². The van der Waals surface area contributed by atoms with Gasteiger partial charge in [-0.1, -0.05) is 49.7 Å². The minimum absolute atomic E-state index is 0.139. The Balaban J connectivity index is 1.51. The van der Waals surface area contributed by atoms with Crippen LogP contribution in [0.2, 0.25) is 5.02 Å². The summed E-state index contributed by atoms with van der Waals surface area (Å²) in [6.07, 6.45) is 0.136. The van der Waals surface area contributed by atoms with Crippen molar-refractivity contribution < 1.29 is 19.1 Å². The highest BCUT2D eigenvalue weighted by atomic mass is 35.5. The topological polar surface area (TPSA) is 88.7 Å². The molecule has 194 valence electrons. The molecule has 3 N–H and O–H groups in total. The van der Waals surface area contributed by atoms with Gasteiger partial charge in [-0.15, -0.1) is 0 Å². The lowest BCUT2D eigenvalue weighted by molar-refractivity contribution is -0.122. The zero-order chi connectivity index (χ0) is 26.8. The fourth-order valence-electron chi connectivity index (χ4n) is 3.18. The van der Waals surface area contributed by atoms with Crippen LogP contribution in [0.5, 0.6) is 11.5 Å². The molecular weight excluding hydrogens is 510 g/mol. The fourth-order valence-corrected chi connectivity index (χ4v) is 3.57. The maximum atomic E-state index is 12.8. The molecule has 0 aliphatic carbocycles. The Morgan fingerprint density at radius 3 is 2.11 bits per heavy atom. The summed E-state index contributed by atoms with van der Waals surface area (Å²) in [4.78, 5) is 25.3. The van der Waals surface area contributed by atoms with Crippen LogP contribution in [-0.4, -0.2) is 29.6 Å². The minimum atomic E-state index is -0.752. The van der Waals surface area contributed by atoms with Crippen LogP contribution in [0.3, 0.4) is 0 Å². The first-order valence-electron chi connectivity index (χ1n) is 11.9. The number of nitrogens with one attached hydrogen (secondary N) is 3. The maximum absolute atomic E-state index is 12.8. The molecule has 0 radical (unpaired) electrons. The van der Waals surface area contributed by atoms with Crippen LogP contribution in [0.15, 0.2) is 72.8 Å². The monoisotopic (exact) mass is 539 g/mol. The first-order chi connectivity index (χ1) is 17.7. The molecule has 0 saturated carbocycles. The number of rotatable bonds is 10. The van der Waals surface area contributed by atoms with E-state index >= 15 is 0 Å². The summed E-state index contributed by atoms with van der Waals surface area (Å²) in [7, 11) is 0. The number of hydrogen-bond acceptors (Lipinski definition) is 5. The summed E-state index contributed by atoms with van der Waals surface area (Å²) in [6, 6.07) is 20.9. The Kier molecular flexibility index (Phi) is 10.3. The highest BCUT2D eigenvalue weighted by molar-refractivity contribution is 7.80. The van der Waals surface area contributed by atoms with Crippen molar-refractivity contribution in [3.63, 3.8) is 0 Å². The van der Waals surface area contributed by atoms with Gasteiger partial charge in [0.15, 0.2) is 11.2 Å². The minimum Gasteiger partial charge on any atom is -0.493 e. The van der Waals surface area contributed by atoms with Crippen LogP contribution in [0.25, 0.3) is 0 Å². The number of halogens is 1. The largest absolute Gasteiger partial charge is 0.493 e. The second-order valence-electron chi connectivity index (χ2n) is 8.69. The first kappa shape index (κ1) is 28.0. The Morgan fingerprint density at radius 1 is 0.865 bits per heavy atom. The number of anilines is 2. The van der Waals surface area contributed by atoms with Crippen molar-refractivity contribution >= 4 is 52.1 Å². The van der Waals surface area contributed by atoms with E-state index in [-0.39, 0.29) is 16.9 Å². The van der Waals surface area contributed by atoms with E-state index in [1.54, 1.807) is 73.7 Å². The molecule has 2 amide bonds. The zero-order valence-electron chi connectivity index (χ0n) is 20.9. The van der Waals surface area contributed by atoms with Gasteiger partial charge in [-0.3, -0.25) is 14.9 Å². The molecule has 0 spiro atoms. The predicted octanol–water partition coefficient (Wildman–Crippen LogP) is 6.30. The van der Waals surface area contributed by atoms with E-state index in [0.717, 1.165) is 6.42 Å². The molecule has 7 nitrogen and oxygen atoms in total. The lowest BCUT2D eigenvalue weighted by atomic mass is 10.1. The van der Waals surface area contributed by atoms with Gasteiger partial charge in [0, 0.05) is 11.4 Å². The van der Waals surface area contributed by atoms with E-state index in [9.17, 15) is 9.59 Å². The molecule has 37 heavy (non-hydrogen) atoms. The number of carbonyl (C=O) groups excluding carboxylic acids is 2. The summed E-state index contributed by atoms with van der Waals surface area (Å²) < 4.78 is 11.4. The lowest BCUT2D eigenvalue weighted by Gasteiger charge is -2.16. The van der Waals surface area contributed by atoms with E-state index < -0.39 is 6.10 Å². The number of carbonyl (C=O) groups is 2. The molecule has 0 fully saturated rings. The summed E-state index contributed by atoms with van der Waals surface area (Å²) in [5.74, 6) is 0.761. The third kappa shape index (κ3) is 8.77. The van der Waals surface area contributed by atoms with Gasteiger partial charge in [0.2, 0.25) is 0 Å². The quantitative estimate of drug-likeness (QED) is 0.262. The van der Waals surface area contributed by atoms with Gasteiger partial charge < -0.3 is 20.1 Å². The van der Waals surface area contributed by atoms with Gasteiger partial charge in [0.25, 0.3) is 11.8 Å². The van der Waals surface area contributed by atoms with E-state index in [0.29, 0.717) is 46.0 Å². The van der Waals surface area contributed by atoms with Crippen LogP contribution >= 0.6 is 23.8 Å². The van der Waals surface area contributed by atoms with Crippen LogP contribution in [0.4, 0.5) is 11.4 Å². The maximum Gasteiger partial charge on any atom is 0.265 e. The normalized spacial score (nSPS) is 11.4. The molecule has 1 unspecified atom stereocenters. The molecule has 0 bridgehead atoms. The number of para-hydroxylation sites is 2. The summed E-state index contributed by atoms with van der Waals surface area (Å²) in [5, 5.41) is 9.01. The zero-order valence-corrected chi connectivity index (χ0v) is 22.5. The molecule has 3 aromatic carbocycles. The predicted molar refractivity (Wildman–Crippen MR) is 152 cm³/mol. The van der Waals surface area contributed by atoms with Crippen molar-refractivity contribution in [2.24, 2.45) is 5.92 Å². The third-order valence-corrected chi connectivity index (χ3v) is 5.75. The van der Waals surface area contributed by atoms with Crippen molar-refractivity contribution in [2.45, 2.75) is 33.3 Å². The Morgan fingerprint density at radius 2 is 1.46 bits per heavy atom. The smallest absolute Gasteiger partial charge is 0.265 e. The lowest BCUT2D eigenvalue weighted by Crippen LogP contribution is -2.34. The highest BCUT2D eigenvalue weighted by Crippen LogP contribution is 2.24. The Hall–Kier alpha value is -3.62. The molecular formula is C28H30ClN3O4S. The van der Waals surface area contributed by atoms with Crippen LogP contribution in [0.1, 0.15) is 37.6 Å². The molecule has 1 atom stereocenters. The molecule has 0 aliphatic rings. The molecule has 3 rings (SSSR count). The summed E-state index contributed by atoms with van der Waals surface area (Å²) in [6.45, 7) is 6.40. The molecule has 0 aromatic heterocycles. The van der Waals surface area contributed by atoms with Gasteiger partial charge in [-0.2, -0.15) is 0 Å². The van der Waals surface area contributed by atoms with E-state index in [2.05, 4.69) is 29.8 Å². The third-order valence-electron chi connectivity index (χ3n) is 5.23. The summed E-state index contributed by atoms with van der Waals surface area (Å²) >= 11 is 11.4. The van der Waals surface area contributed by atoms with E-state index in [4.69, 9.17) is 33.3 Å². The van der Waals surface area contributed by atoms with Crippen molar-refractivity contribution in [3.05, 3.63) is 83.4 Å². The standard InChI is InChI=1S/C28H30ClN3O4S/c1-18(2)16-17-35-24-10-6-4-8-22(24)27(34)32-28(37)31-21-14-12-20(13-15-21)30-26(33)19(3)36-25-11-7-5-9-23(25)29/h4-15,18-19H,16-17H2,1-3H3,(H,30,33)(H2,31,32,34,37). The highest BCUT2D eigenvalue weighted by Gasteiger charge is 2.17. The SMILES string of the molecule is CC(C)CCOc1ccccc1C(=O)NC(=S)Nc1ccc(NC(=O)C(C)Oc2ccccc2Cl)cc1. The number of amides is 2. The molecule has 0 saturated heterocycles. The Labute approximate surface area is 227 Å². The average Bonchev–Trinajstić information content (AvgIpc) is 2.86. The van der Waals surface area contributed by atoms with Crippen molar-refractivity contribution in [1.29, 1.82) is 0 Å². The van der Waals surface area contributed by atoms with Crippen LogP contribution in [0, 0.1) is 5.92 Å². The molecule has 3 aromatic rings. The van der Waals surface area contributed by atoms with Crippen LogP contribution < -0.4 is 25.4 Å². The van der Waals surface area contributed by atoms with Crippen molar-refractivity contribution in [3.8, 4) is 11.5 Å². The number of hydrogen-bond donors (Lipinski definition) is 3. The van der Waals surface area contributed by atoms with Gasteiger partial charge in [0.05, 0.1) is 17.2 Å². The van der Waals surface area contributed by atoms with Crippen molar-refractivity contribution in [2.75, 3.05) is 17.2 Å². The molecule has 0 aliphatic heterocycles. The average molecular weight is 540 g/mol.